The molecule has 1 aliphatic heterocycles. The first-order chi connectivity index (χ1) is 13.9. The van der Waals surface area contributed by atoms with Gasteiger partial charge in [-0.1, -0.05) is 31.5 Å². The van der Waals surface area contributed by atoms with Crippen LogP contribution in [0.3, 0.4) is 0 Å². The third kappa shape index (κ3) is 4.85. The Bertz CT molecular complexity index is 826. The molecule has 158 valence electrons. The molecule has 1 N–H and O–H groups in total. The molecular weight excluding hydrogens is 391 g/mol. The molecule has 4 nitrogen and oxygen atoms in total. The van der Waals surface area contributed by atoms with Crippen molar-refractivity contribution in [1.82, 2.24) is 4.90 Å². The number of rotatable bonds is 7. The van der Waals surface area contributed by atoms with Crippen molar-refractivity contribution in [3.63, 3.8) is 0 Å². The zero-order valence-corrected chi connectivity index (χ0v) is 18.1. The third-order valence-electron chi connectivity index (χ3n) is 6.06. The molecule has 1 fully saturated rings. The average Bonchev–Trinajstić information content (AvgIpc) is 2.73. The number of halogens is 2. The predicted octanol–water partition coefficient (Wildman–Crippen LogP) is 4.54. The Labute approximate surface area is 177 Å². The fourth-order valence-corrected chi connectivity index (χ4v) is 4.41. The van der Waals surface area contributed by atoms with E-state index < -0.39 is 5.60 Å². The fourth-order valence-electron chi connectivity index (χ4n) is 4.22. The van der Waals surface area contributed by atoms with Crippen molar-refractivity contribution in [1.29, 1.82) is 0 Å². The van der Waals surface area contributed by atoms with Crippen LogP contribution in [0.15, 0.2) is 42.5 Å². The smallest absolute Gasteiger partial charge is 0.125 e. The van der Waals surface area contributed by atoms with Gasteiger partial charge in [0.15, 0.2) is 0 Å². The molecule has 0 radical (unpaired) electrons. The molecule has 29 heavy (non-hydrogen) atoms. The molecule has 2 aromatic carbocycles. The van der Waals surface area contributed by atoms with Crippen LogP contribution in [0.25, 0.3) is 0 Å². The van der Waals surface area contributed by atoms with Gasteiger partial charge in [-0.25, -0.2) is 4.39 Å². The molecule has 2 aromatic rings. The zero-order valence-electron chi connectivity index (χ0n) is 17.4. The summed E-state index contributed by atoms with van der Waals surface area (Å²) in [6.07, 6.45) is 0.483. The van der Waals surface area contributed by atoms with Crippen LogP contribution >= 0.6 is 11.6 Å². The van der Waals surface area contributed by atoms with Crippen LogP contribution in [0.4, 0.5) is 10.1 Å². The van der Waals surface area contributed by atoms with Gasteiger partial charge in [0.1, 0.15) is 11.6 Å². The van der Waals surface area contributed by atoms with Gasteiger partial charge in [0.05, 0.1) is 12.7 Å². The number of nitrogens with zero attached hydrogens (tertiary/aromatic N) is 2. The summed E-state index contributed by atoms with van der Waals surface area (Å²) in [6, 6.07) is 12.3. The van der Waals surface area contributed by atoms with Crippen LogP contribution < -0.4 is 9.64 Å². The van der Waals surface area contributed by atoms with E-state index >= 15 is 0 Å². The lowest BCUT2D eigenvalue weighted by Gasteiger charge is -2.41. The Morgan fingerprint density at radius 3 is 2.52 bits per heavy atom. The van der Waals surface area contributed by atoms with E-state index in [0.717, 1.165) is 43.4 Å². The topological polar surface area (TPSA) is 35.9 Å². The van der Waals surface area contributed by atoms with E-state index in [1.165, 1.54) is 12.1 Å². The number of hydrogen-bond donors (Lipinski definition) is 1. The standard InChI is InChI=1S/C23H30ClFN2O2/c1-4-23(28,21-15-19(25)8-9-22(21)29-3)17(2)16-26-10-12-27(13-11-26)20-7-5-6-18(24)14-20/h5-9,14-15,17,28H,4,10-13,16H2,1-3H3. The van der Waals surface area contributed by atoms with Crippen molar-refractivity contribution in [2.75, 3.05) is 44.7 Å². The summed E-state index contributed by atoms with van der Waals surface area (Å²) in [7, 11) is 1.55. The largest absolute Gasteiger partial charge is 0.496 e. The Morgan fingerprint density at radius 2 is 1.90 bits per heavy atom. The highest BCUT2D eigenvalue weighted by Gasteiger charge is 2.38. The average molecular weight is 421 g/mol. The second kappa shape index (κ2) is 9.33. The van der Waals surface area contributed by atoms with Crippen molar-refractivity contribution >= 4 is 17.3 Å². The first-order valence-corrected chi connectivity index (χ1v) is 10.5. The molecular formula is C23H30ClFN2O2. The normalized spacial score (nSPS) is 18.3. The molecule has 6 heteroatoms. The molecule has 0 saturated carbocycles. The second-order valence-electron chi connectivity index (χ2n) is 7.79. The van der Waals surface area contributed by atoms with E-state index in [9.17, 15) is 9.50 Å². The lowest BCUT2D eigenvalue weighted by atomic mass is 9.79. The highest BCUT2D eigenvalue weighted by Crippen LogP contribution is 2.39. The van der Waals surface area contributed by atoms with E-state index in [-0.39, 0.29) is 11.7 Å². The Hall–Kier alpha value is -1.82. The maximum absolute atomic E-state index is 13.9. The van der Waals surface area contributed by atoms with E-state index in [0.29, 0.717) is 17.7 Å². The van der Waals surface area contributed by atoms with Gasteiger partial charge in [-0.3, -0.25) is 4.90 Å². The maximum atomic E-state index is 13.9. The maximum Gasteiger partial charge on any atom is 0.125 e. The zero-order chi connectivity index (χ0) is 21.0. The summed E-state index contributed by atoms with van der Waals surface area (Å²) in [5, 5.41) is 12.2. The van der Waals surface area contributed by atoms with Gasteiger partial charge in [0, 0.05) is 54.9 Å². The molecule has 1 heterocycles. The predicted molar refractivity (Wildman–Crippen MR) is 116 cm³/mol. The number of piperazine rings is 1. The number of ether oxygens (including phenoxy) is 1. The summed E-state index contributed by atoms with van der Waals surface area (Å²) in [5.74, 6) is 0.0734. The molecule has 1 aliphatic rings. The molecule has 0 aliphatic carbocycles. The molecule has 2 unspecified atom stereocenters. The van der Waals surface area contributed by atoms with Crippen molar-refractivity contribution in [3.05, 3.63) is 58.9 Å². The molecule has 3 rings (SSSR count). The van der Waals surface area contributed by atoms with Gasteiger partial charge in [0.2, 0.25) is 0 Å². The summed E-state index contributed by atoms with van der Waals surface area (Å²) in [6.45, 7) is 8.29. The summed E-state index contributed by atoms with van der Waals surface area (Å²) in [5.41, 5.74) is 0.504. The summed E-state index contributed by atoms with van der Waals surface area (Å²) >= 11 is 6.12. The van der Waals surface area contributed by atoms with Crippen molar-refractivity contribution in [2.24, 2.45) is 5.92 Å². The van der Waals surface area contributed by atoms with E-state index in [4.69, 9.17) is 16.3 Å². The van der Waals surface area contributed by atoms with Gasteiger partial charge in [-0.15, -0.1) is 0 Å². The van der Waals surface area contributed by atoms with Gasteiger partial charge in [-0.05, 0) is 42.8 Å². The van der Waals surface area contributed by atoms with Gasteiger partial charge in [-0.2, -0.15) is 0 Å². The lowest BCUT2D eigenvalue weighted by molar-refractivity contribution is -0.0357. The van der Waals surface area contributed by atoms with Crippen molar-refractivity contribution < 1.29 is 14.2 Å². The first kappa shape index (κ1) is 21.9. The Balaban J connectivity index is 1.68. The minimum Gasteiger partial charge on any atom is -0.496 e. The van der Waals surface area contributed by atoms with Crippen LogP contribution in [0, 0.1) is 11.7 Å². The van der Waals surface area contributed by atoms with Crippen LogP contribution in [0.5, 0.6) is 5.75 Å². The fraction of sp³-hybridized carbons (Fsp3) is 0.478. The van der Waals surface area contributed by atoms with Crippen LogP contribution in [0.2, 0.25) is 5.02 Å². The number of hydrogen-bond acceptors (Lipinski definition) is 4. The molecule has 0 spiro atoms. The SMILES string of the molecule is CCC(O)(c1cc(F)ccc1OC)C(C)CN1CCN(c2cccc(Cl)c2)CC1. The van der Waals surface area contributed by atoms with Crippen LogP contribution in [0.1, 0.15) is 25.8 Å². The molecule has 0 aromatic heterocycles. The Kier molecular flexibility index (Phi) is 7.04. The van der Waals surface area contributed by atoms with Gasteiger partial charge < -0.3 is 14.7 Å². The molecule has 0 bridgehead atoms. The molecule has 1 saturated heterocycles. The number of methoxy groups -OCH3 is 1. The highest BCUT2D eigenvalue weighted by atomic mass is 35.5. The van der Waals surface area contributed by atoms with E-state index in [2.05, 4.69) is 15.9 Å². The number of aliphatic hydroxyl groups is 1. The quantitative estimate of drug-likeness (QED) is 0.713. The van der Waals surface area contributed by atoms with E-state index in [1.807, 2.05) is 32.0 Å². The monoisotopic (exact) mass is 420 g/mol. The second-order valence-corrected chi connectivity index (χ2v) is 8.23. The van der Waals surface area contributed by atoms with Crippen LogP contribution in [-0.4, -0.2) is 49.8 Å². The van der Waals surface area contributed by atoms with Crippen molar-refractivity contribution in [2.45, 2.75) is 25.9 Å². The first-order valence-electron chi connectivity index (χ1n) is 10.2. The van der Waals surface area contributed by atoms with Crippen LogP contribution in [-0.2, 0) is 5.60 Å². The van der Waals surface area contributed by atoms with Crippen molar-refractivity contribution in [3.8, 4) is 5.75 Å². The lowest BCUT2D eigenvalue weighted by Crippen LogP contribution is -2.50. The van der Waals surface area contributed by atoms with E-state index in [1.54, 1.807) is 13.2 Å². The number of anilines is 1. The molecule has 0 amide bonds. The van der Waals surface area contributed by atoms with Gasteiger partial charge >= 0.3 is 0 Å². The summed E-state index contributed by atoms with van der Waals surface area (Å²) < 4.78 is 19.3. The summed E-state index contributed by atoms with van der Waals surface area (Å²) in [4.78, 5) is 4.69. The molecule has 2 atom stereocenters. The van der Waals surface area contributed by atoms with Gasteiger partial charge in [0.25, 0.3) is 0 Å². The minimum absolute atomic E-state index is 0.0825. The minimum atomic E-state index is -1.16. The Morgan fingerprint density at radius 1 is 1.17 bits per heavy atom. The highest BCUT2D eigenvalue weighted by molar-refractivity contribution is 6.30. The third-order valence-corrected chi connectivity index (χ3v) is 6.29. The number of benzene rings is 2.